The lowest BCUT2D eigenvalue weighted by atomic mass is 10.1. The van der Waals surface area contributed by atoms with E-state index in [1.165, 1.54) is 0 Å². The van der Waals surface area contributed by atoms with Crippen molar-refractivity contribution in [2.75, 3.05) is 10.6 Å². The summed E-state index contributed by atoms with van der Waals surface area (Å²) in [6.07, 6.45) is 2.48. The van der Waals surface area contributed by atoms with Crippen molar-refractivity contribution >= 4 is 34.6 Å². The van der Waals surface area contributed by atoms with Crippen molar-refractivity contribution in [3.8, 4) is 0 Å². The quantitative estimate of drug-likeness (QED) is 0.725. The van der Waals surface area contributed by atoms with E-state index in [1.807, 2.05) is 26.0 Å². The zero-order valence-electron chi connectivity index (χ0n) is 11.7. The van der Waals surface area contributed by atoms with E-state index in [0.29, 0.717) is 6.42 Å². The van der Waals surface area contributed by atoms with E-state index in [4.69, 9.17) is 18.0 Å². The number of hydrogen-bond donors (Lipinski definition) is 3. The van der Waals surface area contributed by atoms with Gasteiger partial charge in [-0.1, -0.05) is 13.3 Å². The molecule has 19 heavy (non-hydrogen) atoms. The van der Waals surface area contributed by atoms with Gasteiger partial charge in [0.1, 0.15) is 0 Å². The summed E-state index contributed by atoms with van der Waals surface area (Å²) in [5, 5.41) is 6.10. The average Bonchev–Trinajstić information content (AvgIpc) is 2.30. The number of anilines is 2. The molecule has 104 valence electrons. The number of aryl methyl sites for hydroxylation is 2. The Morgan fingerprint density at radius 2 is 1.84 bits per heavy atom. The number of nitrogens with one attached hydrogen (secondary N) is 2. The lowest BCUT2D eigenvalue weighted by molar-refractivity contribution is -0.116. The van der Waals surface area contributed by atoms with Crippen molar-refractivity contribution in [3.05, 3.63) is 23.3 Å². The van der Waals surface area contributed by atoms with Crippen LogP contribution in [-0.4, -0.2) is 11.0 Å². The molecule has 0 radical (unpaired) electrons. The van der Waals surface area contributed by atoms with Gasteiger partial charge < -0.3 is 16.4 Å². The molecule has 4 N–H and O–H groups in total. The molecule has 0 bridgehead atoms. The maximum Gasteiger partial charge on any atom is 0.224 e. The van der Waals surface area contributed by atoms with Crippen LogP contribution in [0.5, 0.6) is 0 Å². The Morgan fingerprint density at radius 1 is 1.26 bits per heavy atom. The first-order valence-electron chi connectivity index (χ1n) is 6.41. The number of benzene rings is 1. The molecule has 0 heterocycles. The summed E-state index contributed by atoms with van der Waals surface area (Å²) in [6, 6.07) is 3.84. The molecule has 0 saturated carbocycles. The van der Waals surface area contributed by atoms with Crippen molar-refractivity contribution in [2.45, 2.75) is 40.0 Å². The van der Waals surface area contributed by atoms with Crippen molar-refractivity contribution < 1.29 is 4.79 Å². The Labute approximate surface area is 119 Å². The maximum absolute atomic E-state index is 11.8. The topological polar surface area (TPSA) is 67.2 Å². The molecular weight excluding hydrogens is 258 g/mol. The van der Waals surface area contributed by atoms with E-state index in [1.54, 1.807) is 0 Å². The molecule has 0 unspecified atom stereocenters. The van der Waals surface area contributed by atoms with Crippen molar-refractivity contribution in [1.82, 2.24) is 0 Å². The summed E-state index contributed by atoms with van der Waals surface area (Å²) in [4.78, 5) is 11.8. The van der Waals surface area contributed by atoms with Crippen LogP contribution in [0.25, 0.3) is 0 Å². The van der Waals surface area contributed by atoms with Crippen molar-refractivity contribution in [3.63, 3.8) is 0 Å². The van der Waals surface area contributed by atoms with Crippen LogP contribution in [0.1, 0.15) is 37.3 Å². The molecule has 5 heteroatoms. The van der Waals surface area contributed by atoms with Crippen LogP contribution in [0.3, 0.4) is 0 Å². The van der Waals surface area contributed by atoms with E-state index in [2.05, 4.69) is 17.6 Å². The fraction of sp³-hybridized carbons (Fsp3) is 0.429. The Hall–Kier alpha value is -1.62. The van der Waals surface area contributed by atoms with Crippen LogP contribution in [0.15, 0.2) is 12.1 Å². The Kier molecular flexibility index (Phi) is 5.76. The SMILES string of the molecule is CCCCC(=O)Nc1c(C)cc(NC(N)=S)cc1C. The highest BCUT2D eigenvalue weighted by molar-refractivity contribution is 7.80. The molecule has 1 amide bonds. The minimum absolute atomic E-state index is 0.0584. The fourth-order valence-corrected chi connectivity index (χ4v) is 2.03. The molecular formula is C14H21N3OS. The van der Waals surface area contributed by atoms with Gasteiger partial charge in [0.05, 0.1) is 0 Å². The van der Waals surface area contributed by atoms with Gasteiger partial charge in [-0.25, -0.2) is 0 Å². The normalized spacial score (nSPS) is 10.1. The number of amides is 1. The van der Waals surface area contributed by atoms with E-state index >= 15 is 0 Å². The molecule has 0 atom stereocenters. The van der Waals surface area contributed by atoms with Gasteiger partial charge in [0.15, 0.2) is 5.11 Å². The minimum atomic E-state index is 0.0584. The van der Waals surface area contributed by atoms with Gasteiger partial charge in [-0.05, 0) is 55.7 Å². The predicted octanol–water partition coefficient (Wildman–Crippen LogP) is 3.09. The molecule has 0 fully saturated rings. The molecule has 1 aromatic rings. The number of unbranched alkanes of at least 4 members (excludes halogenated alkanes) is 1. The van der Waals surface area contributed by atoms with Crippen LogP contribution in [0, 0.1) is 13.8 Å². The Bertz CT molecular complexity index is 463. The van der Waals surface area contributed by atoms with Crippen LogP contribution in [0.4, 0.5) is 11.4 Å². The van der Waals surface area contributed by atoms with Crippen LogP contribution in [0.2, 0.25) is 0 Å². The molecule has 1 aromatic carbocycles. The van der Waals surface area contributed by atoms with E-state index in [-0.39, 0.29) is 11.0 Å². The van der Waals surface area contributed by atoms with Gasteiger partial charge in [-0.3, -0.25) is 4.79 Å². The fourth-order valence-electron chi connectivity index (χ4n) is 1.91. The van der Waals surface area contributed by atoms with Gasteiger partial charge in [0.25, 0.3) is 0 Å². The molecule has 0 aliphatic carbocycles. The lowest BCUT2D eigenvalue weighted by Crippen LogP contribution is -2.19. The summed E-state index contributed by atoms with van der Waals surface area (Å²) in [5.74, 6) is 0.0584. The number of nitrogens with two attached hydrogens (primary N) is 1. The van der Waals surface area contributed by atoms with Gasteiger partial charge in [0.2, 0.25) is 5.91 Å². The Balaban J connectivity index is 2.85. The zero-order chi connectivity index (χ0) is 14.4. The number of thiocarbonyl (C=S) groups is 1. The molecule has 4 nitrogen and oxygen atoms in total. The molecule has 0 aromatic heterocycles. The average molecular weight is 279 g/mol. The zero-order valence-corrected chi connectivity index (χ0v) is 12.5. The highest BCUT2D eigenvalue weighted by Crippen LogP contribution is 2.25. The second-order valence-corrected chi connectivity index (χ2v) is 5.07. The third-order valence-electron chi connectivity index (χ3n) is 2.82. The highest BCUT2D eigenvalue weighted by atomic mass is 32.1. The number of carbonyl (C=O) groups is 1. The van der Waals surface area contributed by atoms with E-state index in [0.717, 1.165) is 35.3 Å². The summed E-state index contributed by atoms with van der Waals surface area (Å²) >= 11 is 4.81. The predicted molar refractivity (Wildman–Crippen MR) is 84.5 cm³/mol. The molecule has 0 spiro atoms. The Morgan fingerprint density at radius 3 is 2.32 bits per heavy atom. The molecule has 0 aliphatic rings. The smallest absolute Gasteiger partial charge is 0.224 e. The summed E-state index contributed by atoms with van der Waals surface area (Å²) in [5.41, 5.74) is 9.14. The number of carbonyl (C=O) groups excluding carboxylic acids is 1. The third-order valence-corrected chi connectivity index (χ3v) is 2.92. The summed E-state index contributed by atoms with van der Waals surface area (Å²) in [7, 11) is 0. The second-order valence-electron chi connectivity index (χ2n) is 4.63. The maximum atomic E-state index is 11.8. The van der Waals surface area contributed by atoms with E-state index < -0.39 is 0 Å². The van der Waals surface area contributed by atoms with Gasteiger partial charge in [-0.2, -0.15) is 0 Å². The first-order chi connectivity index (χ1) is 8.93. The molecule has 0 aliphatic heterocycles. The molecule has 0 saturated heterocycles. The van der Waals surface area contributed by atoms with Crippen LogP contribution < -0.4 is 16.4 Å². The summed E-state index contributed by atoms with van der Waals surface area (Å²) < 4.78 is 0. The number of hydrogen-bond acceptors (Lipinski definition) is 2. The minimum Gasteiger partial charge on any atom is -0.376 e. The summed E-state index contributed by atoms with van der Waals surface area (Å²) in [6.45, 7) is 5.97. The van der Waals surface area contributed by atoms with Crippen molar-refractivity contribution in [1.29, 1.82) is 0 Å². The third kappa shape index (κ3) is 4.87. The lowest BCUT2D eigenvalue weighted by Gasteiger charge is -2.14. The van der Waals surface area contributed by atoms with Crippen molar-refractivity contribution in [2.24, 2.45) is 5.73 Å². The van der Waals surface area contributed by atoms with Gasteiger partial charge >= 0.3 is 0 Å². The monoisotopic (exact) mass is 279 g/mol. The molecule has 1 rings (SSSR count). The van der Waals surface area contributed by atoms with Gasteiger partial charge in [-0.15, -0.1) is 0 Å². The van der Waals surface area contributed by atoms with Crippen LogP contribution >= 0.6 is 12.2 Å². The van der Waals surface area contributed by atoms with E-state index in [9.17, 15) is 4.79 Å². The number of rotatable bonds is 5. The highest BCUT2D eigenvalue weighted by Gasteiger charge is 2.09. The van der Waals surface area contributed by atoms with Gasteiger partial charge in [0, 0.05) is 17.8 Å². The second kappa shape index (κ2) is 7.09. The largest absolute Gasteiger partial charge is 0.376 e. The van der Waals surface area contributed by atoms with Crippen LogP contribution in [-0.2, 0) is 4.79 Å². The standard InChI is InChI=1S/C14H21N3OS/c1-4-5-6-12(18)17-13-9(2)7-11(8-10(13)3)16-14(15)19/h7-8H,4-6H2,1-3H3,(H,17,18)(H3,15,16,19). The first kappa shape index (κ1) is 15.4. The first-order valence-corrected chi connectivity index (χ1v) is 6.82.